The predicted molar refractivity (Wildman–Crippen MR) is 57.0 cm³/mol. The highest BCUT2D eigenvalue weighted by molar-refractivity contribution is 9.08. The van der Waals surface area contributed by atoms with Crippen molar-refractivity contribution in [3.8, 4) is 5.75 Å². The monoisotopic (exact) mass is 312 g/mol. The first kappa shape index (κ1) is 13.8. The first-order chi connectivity index (χ1) is 7.99. The Labute approximate surface area is 104 Å². The van der Waals surface area contributed by atoms with Crippen LogP contribution in [0.5, 0.6) is 5.75 Å². The lowest BCUT2D eigenvalue weighted by molar-refractivity contribution is -0.0522. The average Bonchev–Trinajstić information content (AvgIpc) is 2.29. The van der Waals surface area contributed by atoms with E-state index in [1.165, 1.54) is 0 Å². The van der Waals surface area contributed by atoms with Crippen LogP contribution in [0.3, 0.4) is 0 Å². The average molecular weight is 313 g/mol. The molecule has 7 heteroatoms. The topological polar surface area (TPSA) is 35.5 Å². The van der Waals surface area contributed by atoms with Crippen LogP contribution in [-0.2, 0) is 10.1 Å². The quantitative estimate of drug-likeness (QED) is 0.633. The van der Waals surface area contributed by atoms with Crippen LogP contribution in [0.1, 0.15) is 15.9 Å². The van der Waals surface area contributed by atoms with Crippen LogP contribution >= 0.6 is 15.9 Å². The Morgan fingerprint density at radius 2 is 2.12 bits per heavy atom. The molecule has 0 N–H and O–H groups in total. The van der Waals surface area contributed by atoms with E-state index in [-0.39, 0.29) is 10.9 Å². The van der Waals surface area contributed by atoms with Crippen LogP contribution in [0.4, 0.5) is 13.2 Å². The summed E-state index contributed by atoms with van der Waals surface area (Å²) in [5, 5.41) is 0.178. The zero-order valence-corrected chi connectivity index (χ0v) is 10.3. The van der Waals surface area contributed by atoms with Crippen molar-refractivity contribution < 1.29 is 27.4 Å². The molecule has 0 radical (unpaired) electrons. The molecule has 0 amide bonds. The van der Waals surface area contributed by atoms with Crippen molar-refractivity contribution in [2.24, 2.45) is 0 Å². The van der Waals surface area contributed by atoms with Crippen LogP contribution in [0.2, 0.25) is 0 Å². The molecular formula is C10H8BrF3O3. The van der Waals surface area contributed by atoms with Gasteiger partial charge in [-0.2, -0.15) is 8.78 Å². The molecule has 0 saturated heterocycles. The molecule has 0 heterocycles. The zero-order valence-electron chi connectivity index (χ0n) is 8.68. The summed E-state index contributed by atoms with van der Waals surface area (Å²) in [6, 6.07) is 1.84. The molecule has 94 valence electrons. The lowest BCUT2D eigenvalue weighted by Gasteiger charge is -2.10. The van der Waals surface area contributed by atoms with E-state index in [0.717, 1.165) is 19.2 Å². The second-order valence-electron chi connectivity index (χ2n) is 2.94. The van der Waals surface area contributed by atoms with E-state index in [1.54, 1.807) is 0 Å². The van der Waals surface area contributed by atoms with Gasteiger partial charge in [0, 0.05) is 5.33 Å². The third-order valence-corrected chi connectivity index (χ3v) is 2.53. The molecule has 0 unspecified atom stereocenters. The second-order valence-corrected chi connectivity index (χ2v) is 3.50. The number of benzene rings is 1. The largest absolute Gasteiger partial charge is 0.465 e. The first-order valence-electron chi connectivity index (χ1n) is 4.41. The smallest absolute Gasteiger partial charge is 0.387 e. The number of methoxy groups -OCH3 is 1. The van der Waals surface area contributed by atoms with E-state index in [1.807, 2.05) is 0 Å². The standard InChI is InChI=1S/C10H8BrF3O3/c1-16-9(15)6-3-7(12)8(17-10(13)14)2-5(6)4-11/h2-3,10H,4H2,1H3. The molecule has 1 aromatic carbocycles. The highest BCUT2D eigenvalue weighted by Gasteiger charge is 2.18. The van der Waals surface area contributed by atoms with Crippen molar-refractivity contribution in [3.05, 3.63) is 29.1 Å². The maximum Gasteiger partial charge on any atom is 0.387 e. The molecule has 0 aromatic heterocycles. The minimum Gasteiger partial charge on any atom is -0.465 e. The Kier molecular flexibility index (Phi) is 4.80. The van der Waals surface area contributed by atoms with Crippen LogP contribution < -0.4 is 4.74 Å². The fraction of sp³-hybridized carbons (Fsp3) is 0.300. The molecule has 0 aliphatic heterocycles. The van der Waals surface area contributed by atoms with Crippen LogP contribution in [0.15, 0.2) is 12.1 Å². The Hall–Kier alpha value is -1.24. The zero-order chi connectivity index (χ0) is 13.0. The maximum absolute atomic E-state index is 13.3. The van der Waals surface area contributed by atoms with E-state index >= 15 is 0 Å². The molecule has 0 bridgehead atoms. The number of esters is 1. The Balaban J connectivity index is 3.19. The van der Waals surface area contributed by atoms with Gasteiger partial charge in [0.25, 0.3) is 0 Å². The van der Waals surface area contributed by atoms with Crippen molar-refractivity contribution >= 4 is 21.9 Å². The van der Waals surface area contributed by atoms with E-state index in [4.69, 9.17) is 0 Å². The summed E-state index contributed by atoms with van der Waals surface area (Å²) in [6.07, 6.45) is 0. The number of carbonyl (C=O) groups is 1. The number of hydrogen-bond acceptors (Lipinski definition) is 3. The lowest BCUT2D eigenvalue weighted by atomic mass is 10.1. The third-order valence-electron chi connectivity index (χ3n) is 1.92. The number of alkyl halides is 3. The molecule has 0 fully saturated rings. The number of rotatable bonds is 4. The fourth-order valence-electron chi connectivity index (χ4n) is 1.19. The summed E-state index contributed by atoms with van der Waals surface area (Å²) < 4.78 is 45.7. The molecule has 0 atom stereocenters. The van der Waals surface area contributed by atoms with E-state index in [2.05, 4.69) is 25.4 Å². The van der Waals surface area contributed by atoms with Crippen molar-refractivity contribution in [1.29, 1.82) is 0 Å². The summed E-state index contributed by atoms with van der Waals surface area (Å²) >= 11 is 3.06. The van der Waals surface area contributed by atoms with Gasteiger partial charge in [-0.3, -0.25) is 0 Å². The Morgan fingerprint density at radius 1 is 1.47 bits per heavy atom. The van der Waals surface area contributed by atoms with Crippen molar-refractivity contribution in [3.63, 3.8) is 0 Å². The van der Waals surface area contributed by atoms with Crippen molar-refractivity contribution in [1.82, 2.24) is 0 Å². The number of carbonyl (C=O) groups excluding carboxylic acids is 1. The van der Waals surface area contributed by atoms with Crippen LogP contribution in [0.25, 0.3) is 0 Å². The van der Waals surface area contributed by atoms with E-state index < -0.39 is 24.1 Å². The minimum absolute atomic E-state index is 0.0384. The summed E-state index contributed by atoms with van der Waals surface area (Å²) in [4.78, 5) is 11.3. The van der Waals surface area contributed by atoms with Gasteiger partial charge in [0.05, 0.1) is 12.7 Å². The normalized spacial score (nSPS) is 10.5. The minimum atomic E-state index is -3.13. The van der Waals surface area contributed by atoms with Crippen molar-refractivity contribution in [2.45, 2.75) is 11.9 Å². The SMILES string of the molecule is COC(=O)c1cc(F)c(OC(F)F)cc1CBr. The highest BCUT2D eigenvalue weighted by Crippen LogP contribution is 2.26. The fourth-order valence-corrected chi connectivity index (χ4v) is 1.66. The molecule has 1 aromatic rings. The van der Waals surface area contributed by atoms with Gasteiger partial charge in [-0.05, 0) is 17.7 Å². The Morgan fingerprint density at radius 3 is 2.59 bits per heavy atom. The highest BCUT2D eigenvalue weighted by atomic mass is 79.9. The van der Waals surface area contributed by atoms with Crippen LogP contribution in [0, 0.1) is 5.82 Å². The molecule has 0 aliphatic carbocycles. The van der Waals surface area contributed by atoms with Gasteiger partial charge in [-0.25, -0.2) is 9.18 Å². The van der Waals surface area contributed by atoms with Gasteiger partial charge < -0.3 is 9.47 Å². The molecule has 1 rings (SSSR count). The van der Waals surface area contributed by atoms with Gasteiger partial charge in [-0.1, -0.05) is 15.9 Å². The molecule has 0 saturated carbocycles. The van der Waals surface area contributed by atoms with Gasteiger partial charge in [-0.15, -0.1) is 0 Å². The molecule has 17 heavy (non-hydrogen) atoms. The summed E-state index contributed by atoms with van der Waals surface area (Å²) in [5.74, 6) is -2.40. The molecule has 0 aliphatic rings. The van der Waals surface area contributed by atoms with E-state index in [0.29, 0.717) is 5.56 Å². The van der Waals surface area contributed by atoms with E-state index in [9.17, 15) is 18.0 Å². The van der Waals surface area contributed by atoms with Gasteiger partial charge >= 0.3 is 12.6 Å². The number of hydrogen-bond donors (Lipinski definition) is 0. The summed E-state index contributed by atoms with van der Waals surface area (Å²) in [5.41, 5.74) is 0.261. The number of ether oxygens (including phenoxy) is 2. The Bertz CT molecular complexity index is 424. The lowest BCUT2D eigenvalue weighted by Crippen LogP contribution is -2.09. The number of halogens is 4. The molecule has 3 nitrogen and oxygen atoms in total. The van der Waals surface area contributed by atoms with Gasteiger partial charge in [0.2, 0.25) is 0 Å². The van der Waals surface area contributed by atoms with Crippen molar-refractivity contribution in [2.75, 3.05) is 7.11 Å². The first-order valence-corrected chi connectivity index (χ1v) is 5.53. The van der Waals surface area contributed by atoms with Gasteiger partial charge in [0.15, 0.2) is 11.6 Å². The van der Waals surface area contributed by atoms with Crippen LogP contribution in [-0.4, -0.2) is 19.7 Å². The summed E-state index contributed by atoms with van der Waals surface area (Å²) in [6.45, 7) is -3.13. The molecular weight excluding hydrogens is 305 g/mol. The second kappa shape index (κ2) is 5.90. The van der Waals surface area contributed by atoms with Gasteiger partial charge in [0.1, 0.15) is 0 Å². The third kappa shape index (κ3) is 3.36. The molecule has 0 spiro atoms. The maximum atomic E-state index is 13.3. The summed E-state index contributed by atoms with van der Waals surface area (Å²) in [7, 11) is 1.14. The predicted octanol–water partition coefficient (Wildman–Crippen LogP) is 3.11.